The number of sulfone groups is 1. The van der Waals surface area contributed by atoms with Crippen molar-refractivity contribution in [1.82, 2.24) is 0 Å². The van der Waals surface area contributed by atoms with Gasteiger partial charge in [-0.2, -0.15) is 0 Å². The van der Waals surface area contributed by atoms with Crippen LogP contribution >= 0.6 is 11.6 Å². The lowest BCUT2D eigenvalue weighted by molar-refractivity contribution is -0.118. The second-order valence-corrected chi connectivity index (χ2v) is 9.56. The van der Waals surface area contributed by atoms with Crippen LogP contribution in [0.15, 0.2) is 12.1 Å². The Balaban J connectivity index is 1.77. The Morgan fingerprint density at radius 2 is 2.00 bits per heavy atom. The molecule has 1 aromatic rings. The molecule has 0 N–H and O–H groups in total. The number of anilines is 1. The average Bonchev–Trinajstić information content (AvgIpc) is 3.15. The van der Waals surface area contributed by atoms with Gasteiger partial charge < -0.3 is 9.64 Å². The van der Waals surface area contributed by atoms with Crippen LogP contribution in [0.3, 0.4) is 0 Å². The molecule has 0 spiro atoms. The van der Waals surface area contributed by atoms with Crippen LogP contribution in [-0.2, 0) is 21.1 Å². The number of nitrogens with zero attached hydrogens (tertiary/aromatic N) is 1. The lowest BCUT2D eigenvalue weighted by Crippen LogP contribution is -2.37. The normalized spacial score (nSPS) is 18.2. The van der Waals surface area contributed by atoms with E-state index in [0.717, 1.165) is 44.1 Å². The van der Waals surface area contributed by atoms with Gasteiger partial charge in [0.1, 0.15) is 5.75 Å². The number of benzene rings is 1. The van der Waals surface area contributed by atoms with Crippen LogP contribution in [0.25, 0.3) is 0 Å². The van der Waals surface area contributed by atoms with Crippen molar-refractivity contribution in [2.24, 2.45) is 0 Å². The molecule has 7 heteroatoms. The third kappa shape index (κ3) is 3.80. The molecule has 1 aliphatic heterocycles. The number of hydrogen-bond donors (Lipinski definition) is 0. The van der Waals surface area contributed by atoms with Gasteiger partial charge in [0.2, 0.25) is 5.91 Å². The molecule has 0 unspecified atom stereocenters. The highest BCUT2D eigenvalue weighted by atomic mass is 35.5. The maximum absolute atomic E-state index is 12.8. The molecule has 1 saturated carbocycles. The Morgan fingerprint density at radius 3 is 2.68 bits per heavy atom. The van der Waals surface area contributed by atoms with Gasteiger partial charge in [0.25, 0.3) is 0 Å². The van der Waals surface area contributed by atoms with Crippen molar-refractivity contribution in [2.45, 2.75) is 50.2 Å². The average molecular weight is 386 g/mol. The fraction of sp³-hybridized carbons (Fsp3) is 0.611. The Labute approximate surface area is 154 Å². The van der Waals surface area contributed by atoms with Crippen LogP contribution < -0.4 is 9.64 Å². The first-order valence-corrected chi connectivity index (χ1v) is 10.9. The van der Waals surface area contributed by atoms with Crippen LogP contribution in [-0.4, -0.2) is 39.0 Å². The van der Waals surface area contributed by atoms with E-state index in [1.165, 1.54) is 0 Å². The Hall–Kier alpha value is -1.27. The van der Waals surface area contributed by atoms with E-state index in [9.17, 15) is 13.2 Å². The van der Waals surface area contributed by atoms with E-state index < -0.39 is 9.84 Å². The third-order valence-electron chi connectivity index (χ3n) is 5.20. The summed E-state index contributed by atoms with van der Waals surface area (Å²) in [6.07, 6.45) is 4.99. The van der Waals surface area contributed by atoms with Gasteiger partial charge in [-0.15, -0.1) is 0 Å². The third-order valence-corrected chi connectivity index (χ3v) is 7.81. The summed E-state index contributed by atoms with van der Waals surface area (Å²) in [4.78, 5) is 14.4. The summed E-state index contributed by atoms with van der Waals surface area (Å²) >= 11 is 6.29. The molecule has 5 nitrogen and oxygen atoms in total. The number of carbonyl (C=O) groups is 1. The number of methoxy groups -OCH3 is 1. The molecule has 138 valence electrons. The second-order valence-electron chi connectivity index (χ2n) is 6.75. The summed E-state index contributed by atoms with van der Waals surface area (Å²) in [6, 6.07) is 3.53. The standard InChI is InChI=1S/C18H24ClNO4S/c1-24-16-9-8-15(19)14-7-4-11-20(18(14)16)17(21)10-12-25(22,23)13-5-2-3-6-13/h8-9,13H,2-7,10-12H2,1H3. The number of fused-ring (bicyclic) bond motifs is 1. The molecule has 3 rings (SSSR count). The van der Waals surface area contributed by atoms with Gasteiger partial charge in [-0.05, 0) is 43.4 Å². The maximum Gasteiger partial charge on any atom is 0.228 e. The van der Waals surface area contributed by atoms with Crippen molar-refractivity contribution >= 4 is 33.0 Å². The fourth-order valence-corrected chi connectivity index (χ4v) is 5.93. The molecule has 1 aliphatic carbocycles. The quantitative estimate of drug-likeness (QED) is 0.779. The van der Waals surface area contributed by atoms with Gasteiger partial charge in [-0.3, -0.25) is 4.79 Å². The lowest BCUT2D eigenvalue weighted by atomic mass is 10.0. The molecule has 1 amide bonds. The van der Waals surface area contributed by atoms with Crippen molar-refractivity contribution in [3.63, 3.8) is 0 Å². The molecular weight excluding hydrogens is 362 g/mol. The van der Waals surface area contributed by atoms with E-state index in [-0.39, 0.29) is 23.3 Å². The molecule has 2 aliphatic rings. The maximum atomic E-state index is 12.8. The summed E-state index contributed by atoms with van der Waals surface area (Å²) in [5.74, 6) is 0.347. The zero-order valence-electron chi connectivity index (χ0n) is 14.5. The smallest absolute Gasteiger partial charge is 0.228 e. The summed E-state index contributed by atoms with van der Waals surface area (Å²) in [7, 11) is -1.64. The van der Waals surface area contributed by atoms with Gasteiger partial charge in [0.05, 0.1) is 23.8 Å². The second kappa shape index (κ2) is 7.54. The number of rotatable bonds is 5. The van der Waals surface area contributed by atoms with E-state index >= 15 is 0 Å². The van der Waals surface area contributed by atoms with Crippen molar-refractivity contribution in [3.05, 3.63) is 22.7 Å². The molecule has 0 radical (unpaired) electrons. The highest BCUT2D eigenvalue weighted by Crippen LogP contribution is 2.40. The molecule has 1 heterocycles. The zero-order valence-corrected chi connectivity index (χ0v) is 16.0. The van der Waals surface area contributed by atoms with Crippen LogP contribution in [0.2, 0.25) is 5.02 Å². The number of amides is 1. The highest BCUT2D eigenvalue weighted by Gasteiger charge is 2.32. The van der Waals surface area contributed by atoms with Crippen LogP contribution in [0.1, 0.15) is 44.1 Å². The molecule has 25 heavy (non-hydrogen) atoms. The van der Waals surface area contributed by atoms with Crippen LogP contribution in [0.5, 0.6) is 5.75 Å². The molecule has 0 aromatic heterocycles. The van der Waals surface area contributed by atoms with Gasteiger partial charge in [-0.25, -0.2) is 8.42 Å². The van der Waals surface area contributed by atoms with Crippen molar-refractivity contribution in [2.75, 3.05) is 24.3 Å². The van der Waals surface area contributed by atoms with Crippen molar-refractivity contribution < 1.29 is 17.9 Å². The van der Waals surface area contributed by atoms with Gasteiger partial charge in [0.15, 0.2) is 9.84 Å². The van der Waals surface area contributed by atoms with E-state index in [2.05, 4.69) is 0 Å². The number of hydrogen-bond acceptors (Lipinski definition) is 4. The minimum Gasteiger partial charge on any atom is -0.495 e. The van der Waals surface area contributed by atoms with E-state index in [1.54, 1.807) is 24.1 Å². The number of carbonyl (C=O) groups excluding carboxylic acids is 1. The monoisotopic (exact) mass is 385 g/mol. The number of halogens is 1. The predicted molar refractivity (Wildman–Crippen MR) is 99.3 cm³/mol. The summed E-state index contributed by atoms with van der Waals surface area (Å²) in [6.45, 7) is 0.562. The molecule has 0 bridgehead atoms. The number of ether oxygens (including phenoxy) is 1. The topological polar surface area (TPSA) is 63.7 Å². The Bertz CT molecular complexity index is 757. The Kier molecular flexibility index (Phi) is 5.58. The first-order valence-electron chi connectivity index (χ1n) is 8.81. The molecule has 0 saturated heterocycles. The molecule has 1 aromatic carbocycles. The van der Waals surface area contributed by atoms with Crippen molar-refractivity contribution in [1.29, 1.82) is 0 Å². The molecular formula is C18H24ClNO4S. The highest BCUT2D eigenvalue weighted by molar-refractivity contribution is 7.92. The van der Waals surface area contributed by atoms with Gasteiger partial charge in [0, 0.05) is 18.0 Å². The minimum absolute atomic E-state index is 0.00788. The SMILES string of the molecule is COc1ccc(Cl)c2c1N(C(=O)CCS(=O)(=O)C1CCCC1)CCC2. The van der Waals surface area contributed by atoms with Gasteiger partial charge >= 0.3 is 0 Å². The Morgan fingerprint density at radius 1 is 1.28 bits per heavy atom. The zero-order chi connectivity index (χ0) is 18.0. The van der Waals surface area contributed by atoms with Crippen LogP contribution in [0.4, 0.5) is 5.69 Å². The predicted octanol–water partition coefficient (Wildman–Crippen LogP) is 3.38. The molecule has 1 fully saturated rings. The van der Waals surface area contributed by atoms with Crippen molar-refractivity contribution in [3.8, 4) is 5.75 Å². The first kappa shape index (κ1) is 18.5. The van der Waals surface area contributed by atoms with Crippen LogP contribution in [0, 0.1) is 0 Å². The van der Waals surface area contributed by atoms with Gasteiger partial charge in [-0.1, -0.05) is 24.4 Å². The summed E-state index contributed by atoms with van der Waals surface area (Å²) in [5, 5.41) is 0.352. The summed E-state index contributed by atoms with van der Waals surface area (Å²) in [5.41, 5.74) is 1.60. The molecule has 0 atom stereocenters. The van der Waals surface area contributed by atoms with E-state index in [4.69, 9.17) is 16.3 Å². The summed E-state index contributed by atoms with van der Waals surface area (Å²) < 4.78 is 30.3. The minimum atomic E-state index is -3.20. The fourth-order valence-electron chi connectivity index (χ4n) is 3.84. The van der Waals surface area contributed by atoms with E-state index in [1.807, 2.05) is 0 Å². The largest absolute Gasteiger partial charge is 0.495 e. The van der Waals surface area contributed by atoms with E-state index in [0.29, 0.717) is 23.0 Å². The first-order chi connectivity index (χ1) is 11.9. The lowest BCUT2D eigenvalue weighted by Gasteiger charge is -2.31.